The predicted molar refractivity (Wildman–Crippen MR) is 81.8 cm³/mol. The Morgan fingerprint density at radius 3 is 2.67 bits per heavy atom. The summed E-state index contributed by atoms with van der Waals surface area (Å²) in [7, 11) is 3.54. The molecule has 0 saturated heterocycles. The van der Waals surface area contributed by atoms with Crippen molar-refractivity contribution in [3.63, 3.8) is 0 Å². The SMILES string of the molecule is COc1ccc(/C(N)=N/O)c(N(C)Cc2ccncc2)c1. The molecule has 0 saturated carbocycles. The van der Waals surface area contributed by atoms with Crippen LogP contribution in [-0.2, 0) is 6.54 Å². The maximum absolute atomic E-state index is 8.92. The monoisotopic (exact) mass is 286 g/mol. The highest BCUT2D eigenvalue weighted by Gasteiger charge is 2.13. The average Bonchev–Trinajstić information content (AvgIpc) is 2.54. The van der Waals surface area contributed by atoms with Crippen LogP contribution in [0, 0.1) is 0 Å². The number of ether oxygens (including phenoxy) is 1. The molecular weight excluding hydrogens is 268 g/mol. The Bertz CT molecular complexity index is 629. The number of pyridine rings is 1. The van der Waals surface area contributed by atoms with Crippen LogP contribution >= 0.6 is 0 Å². The van der Waals surface area contributed by atoms with Crippen LogP contribution in [-0.4, -0.2) is 30.2 Å². The first kappa shape index (κ1) is 14.6. The van der Waals surface area contributed by atoms with E-state index < -0.39 is 0 Å². The van der Waals surface area contributed by atoms with Gasteiger partial charge in [-0.2, -0.15) is 0 Å². The minimum atomic E-state index is 0.0641. The van der Waals surface area contributed by atoms with E-state index in [-0.39, 0.29) is 5.84 Å². The number of amidine groups is 1. The third-order valence-electron chi connectivity index (χ3n) is 3.17. The first-order valence-corrected chi connectivity index (χ1v) is 6.41. The lowest BCUT2D eigenvalue weighted by atomic mass is 10.1. The highest BCUT2D eigenvalue weighted by molar-refractivity contribution is 6.02. The standard InChI is InChI=1S/C15H18N4O2/c1-19(10-11-5-7-17-8-6-11)14-9-12(21-2)3-4-13(14)15(16)18-20/h3-9,20H,10H2,1-2H3,(H2,16,18). The third-order valence-corrected chi connectivity index (χ3v) is 3.17. The number of hydrogen-bond donors (Lipinski definition) is 2. The number of nitrogens with zero attached hydrogens (tertiary/aromatic N) is 3. The molecule has 0 aliphatic rings. The summed E-state index contributed by atoms with van der Waals surface area (Å²) in [4.78, 5) is 6.01. The Labute approximate surface area is 123 Å². The third kappa shape index (κ3) is 3.42. The van der Waals surface area contributed by atoms with E-state index in [1.165, 1.54) is 0 Å². The van der Waals surface area contributed by atoms with Gasteiger partial charge in [0, 0.05) is 37.6 Å². The molecule has 1 aromatic heterocycles. The molecular formula is C15H18N4O2. The second kappa shape index (κ2) is 6.60. The number of anilines is 1. The minimum Gasteiger partial charge on any atom is -0.497 e. The number of rotatable bonds is 5. The van der Waals surface area contributed by atoms with Crippen molar-refractivity contribution < 1.29 is 9.94 Å². The maximum atomic E-state index is 8.92. The van der Waals surface area contributed by atoms with Gasteiger partial charge in [0.25, 0.3) is 0 Å². The highest BCUT2D eigenvalue weighted by Crippen LogP contribution is 2.26. The molecule has 1 heterocycles. The first-order valence-electron chi connectivity index (χ1n) is 6.41. The second-order valence-electron chi connectivity index (χ2n) is 4.58. The van der Waals surface area contributed by atoms with Gasteiger partial charge in [-0.1, -0.05) is 5.16 Å². The van der Waals surface area contributed by atoms with E-state index >= 15 is 0 Å². The molecule has 6 heteroatoms. The fourth-order valence-corrected chi connectivity index (χ4v) is 2.07. The predicted octanol–water partition coefficient (Wildman–Crippen LogP) is 1.82. The molecule has 0 aliphatic heterocycles. The van der Waals surface area contributed by atoms with Crippen LogP contribution in [0.15, 0.2) is 47.9 Å². The summed E-state index contributed by atoms with van der Waals surface area (Å²) in [6, 6.07) is 9.29. The van der Waals surface area contributed by atoms with E-state index in [0.717, 1.165) is 11.3 Å². The number of nitrogens with two attached hydrogens (primary N) is 1. The van der Waals surface area contributed by atoms with Gasteiger partial charge >= 0.3 is 0 Å². The zero-order chi connectivity index (χ0) is 15.2. The Kier molecular flexibility index (Phi) is 4.61. The van der Waals surface area contributed by atoms with Gasteiger partial charge in [0.1, 0.15) is 5.75 Å². The molecule has 0 fully saturated rings. The van der Waals surface area contributed by atoms with Crippen LogP contribution in [0.1, 0.15) is 11.1 Å². The van der Waals surface area contributed by atoms with Gasteiger partial charge in [-0.05, 0) is 29.8 Å². The molecule has 21 heavy (non-hydrogen) atoms. The highest BCUT2D eigenvalue weighted by atomic mass is 16.5. The van der Waals surface area contributed by atoms with Crippen LogP contribution in [0.3, 0.4) is 0 Å². The van der Waals surface area contributed by atoms with Gasteiger partial charge in [-0.15, -0.1) is 0 Å². The number of oxime groups is 1. The van der Waals surface area contributed by atoms with Gasteiger partial charge < -0.3 is 20.6 Å². The van der Waals surface area contributed by atoms with Crippen LogP contribution in [0.5, 0.6) is 5.75 Å². The molecule has 2 rings (SSSR count). The molecule has 1 aromatic carbocycles. The topological polar surface area (TPSA) is 84.0 Å². The maximum Gasteiger partial charge on any atom is 0.172 e. The van der Waals surface area contributed by atoms with Crippen LogP contribution < -0.4 is 15.4 Å². The van der Waals surface area contributed by atoms with E-state index in [2.05, 4.69) is 10.1 Å². The van der Waals surface area contributed by atoms with Crippen molar-refractivity contribution >= 4 is 11.5 Å². The van der Waals surface area contributed by atoms with E-state index in [1.54, 1.807) is 31.6 Å². The largest absolute Gasteiger partial charge is 0.497 e. The quantitative estimate of drug-likeness (QED) is 0.379. The zero-order valence-electron chi connectivity index (χ0n) is 12.0. The molecule has 0 radical (unpaired) electrons. The van der Waals surface area contributed by atoms with E-state index in [4.69, 9.17) is 15.7 Å². The molecule has 0 aliphatic carbocycles. The lowest BCUT2D eigenvalue weighted by Crippen LogP contribution is -2.22. The number of hydrogen-bond acceptors (Lipinski definition) is 5. The van der Waals surface area contributed by atoms with E-state index in [9.17, 15) is 0 Å². The van der Waals surface area contributed by atoms with Gasteiger partial charge in [0.2, 0.25) is 0 Å². The fourth-order valence-electron chi connectivity index (χ4n) is 2.07. The second-order valence-corrected chi connectivity index (χ2v) is 4.58. The summed E-state index contributed by atoms with van der Waals surface area (Å²) in [6.45, 7) is 0.668. The first-order chi connectivity index (χ1) is 10.2. The van der Waals surface area contributed by atoms with Crippen molar-refractivity contribution in [2.24, 2.45) is 10.9 Å². The van der Waals surface area contributed by atoms with Crippen LogP contribution in [0.2, 0.25) is 0 Å². The molecule has 2 aromatic rings. The molecule has 0 unspecified atom stereocenters. The average molecular weight is 286 g/mol. The molecule has 0 atom stereocenters. The van der Waals surface area contributed by atoms with E-state index in [1.807, 2.05) is 30.1 Å². The number of methoxy groups -OCH3 is 1. The molecule has 3 N–H and O–H groups in total. The fraction of sp³-hybridized carbons (Fsp3) is 0.200. The summed E-state index contributed by atoms with van der Waals surface area (Å²) in [5.74, 6) is 0.773. The van der Waals surface area contributed by atoms with Crippen LogP contribution in [0.25, 0.3) is 0 Å². The Balaban J connectivity index is 2.35. The molecule has 6 nitrogen and oxygen atoms in total. The Morgan fingerprint density at radius 1 is 1.33 bits per heavy atom. The number of benzene rings is 1. The molecule has 110 valence electrons. The summed E-state index contributed by atoms with van der Waals surface area (Å²) in [5, 5.41) is 12.0. The normalized spacial score (nSPS) is 11.2. The molecule has 0 bridgehead atoms. The van der Waals surface area contributed by atoms with Gasteiger partial charge in [0.15, 0.2) is 5.84 Å². The number of aromatic nitrogens is 1. The van der Waals surface area contributed by atoms with Crippen molar-refractivity contribution in [1.82, 2.24) is 4.98 Å². The van der Waals surface area contributed by atoms with Gasteiger partial charge in [-0.25, -0.2) is 0 Å². The Hall–Kier alpha value is -2.76. The Morgan fingerprint density at radius 2 is 2.05 bits per heavy atom. The molecule has 0 spiro atoms. The summed E-state index contributed by atoms with van der Waals surface area (Å²) < 4.78 is 5.24. The summed E-state index contributed by atoms with van der Waals surface area (Å²) in [6.07, 6.45) is 3.50. The van der Waals surface area contributed by atoms with Crippen molar-refractivity contribution in [3.05, 3.63) is 53.9 Å². The lowest BCUT2D eigenvalue weighted by Gasteiger charge is -2.22. The smallest absolute Gasteiger partial charge is 0.172 e. The van der Waals surface area contributed by atoms with Crippen molar-refractivity contribution in [2.45, 2.75) is 6.54 Å². The minimum absolute atomic E-state index is 0.0641. The van der Waals surface area contributed by atoms with Crippen molar-refractivity contribution in [2.75, 3.05) is 19.1 Å². The van der Waals surface area contributed by atoms with E-state index in [0.29, 0.717) is 17.9 Å². The summed E-state index contributed by atoms with van der Waals surface area (Å²) in [5.41, 5.74) is 8.32. The van der Waals surface area contributed by atoms with Crippen molar-refractivity contribution in [3.8, 4) is 5.75 Å². The zero-order valence-corrected chi connectivity index (χ0v) is 12.0. The van der Waals surface area contributed by atoms with Crippen molar-refractivity contribution in [1.29, 1.82) is 0 Å². The lowest BCUT2D eigenvalue weighted by molar-refractivity contribution is 0.318. The van der Waals surface area contributed by atoms with Gasteiger partial charge in [0.05, 0.1) is 12.8 Å². The van der Waals surface area contributed by atoms with Crippen LogP contribution in [0.4, 0.5) is 5.69 Å². The molecule has 0 amide bonds. The van der Waals surface area contributed by atoms with Gasteiger partial charge in [-0.3, -0.25) is 4.98 Å². The summed E-state index contributed by atoms with van der Waals surface area (Å²) >= 11 is 0.